The first-order chi connectivity index (χ1) is 9.15. The van der Waals surface area contributed by atoms with Crippen LogP contribution in [0.3, 0.4) is 0 Å². The molecule has 104 valence electrons. The van der Waals surface area contributed by atoms with Crippen molar-refractivity contribution in [2.75, 3.05) is 11.9 Å². The molecule has 4 heteroatoms. The van der Waals surface area contributed by atoms with Crippen LogP contribution in [-0.2, 0) is 9.53 Å². The molecule has 1 aromatic rings. The highest BCUT2D eigenvalue weighted by atomic mass is 79.9. The Morgan fingerprint density at radius 1 is 1.47 bits per heavy atom. The summed E-state index contributed by atoms with van der Waals surface area (Å²) < 4.78 is 6.68. The van der Waals surface area contributed by atoms with E-state index in [1.807, 2.05) is 25.1 Å². The fourth-order valence-electron chi connectivity index (χ4n) is 2.27. The summed E-state index contributed by atoms with van der Waals surface area (Å²) in [5, 5.41) is 2.93. The Hall–Kier alpha value is -0.870. The zero-order chi connectivity index (χ0) is 13.7. The first-order valence-electron chi connectivity index (χ1n) is 6.83. The minimum atomic E-state index is 0.0656. The summed E-state index contributed by atoms with van der Waals surface area (Å²) in [6, 6.07) is 5.83. The van der Waals surface area contributed by atoms with Gasteiger partial charge >= 0.3 is 0 Å². The quantitative estimate of drug-likeness (QED) is 0.907. The van der Waals surface area contributed by atoms with Crippen molar-refractivity contribution in [3.63, 3.8) is 0 Å². The van der Waals surface area contributed by atoms with Gasteiger partial charge < -0.3 is 10.1 Å². The summed E-state index contributed by atoms with van der Waals surface area (Å²) in [6.07, 6.45) is 5.08. The topological polar surface area (TPSA) is 38.3 Å². The van der Waals surface area contributed by atoms with E-state index in [1.165, 1.54) is 6.42 Å². The molecule has 0 bridgehead atoms. The number of carbonyl (C=O) groups is 1. The lowest BCUT2D eigenvalue weighted by molar-refractivity contribution is -0.117. The third kappa shape index (κ3) is 4.62. The number of nitrogens with one attached hydrogen (secondary N) is 1. The Balaban J connectivity index is 1.78. The van der Waals surface area contributed by atoms with Crippen LogP contribution >= 0.6 is 15.9 Å². The van der Waals surface area contributed by atoms with Gasteiger partial charge in [-0.05, 0) is 56.4 Å². The Kier molecular flexibility index (Phi) is 5.40. The number of carbonyl (C=O) groups excluding carboxylic acids is 1. The summed E-state index contributed by atoms with van der Waals surface area (Å²) in [5.74, 6) is 0.0656. The molecule has 0 radical (unpaired) electrons. The van der Waals surface area contributed by atoms with Crippen molar-refractivity contribution < 1.29 is 9.53 Å². The van der Waals surface area contributed by atoms with Crippen LogP contribution in [0.4, 0.5) is 5.69 Å². The second-order valence-electron chi connectivity index (χ2n) is 5.04. The van der Waals surface area contributed by atoms with E-state index in [4.69, 9.17) is 4.74 Å². The van der Waals surface area contributed by atoms with Crippen LogP contribution in [0.2, 0.25) is 0 Å². The molecule has 1 amide bonds. The molecule has 1 saturated heterocycles. The van der Waals surface area contributed by atoms with Gasteiger partial charge in [0.1, 0.15) is 0 Å². The number of halogens is 1. The molecule has 0 spiro atoms. The number of ether oxygens (including phenoxy) is 1. The van der Waals surface area contributed by atoms with Gasteiger partial charge in [0.05, 0.1) is 6.10 Å². The second kappa shape index (κ2) is 7.06. The van der Waals surface area contributed by atoms with Crippen LogP contribution in [0, 0.1) is 6.92 Å². The van der Waals surface area contributed by atoms with Crippen LogP contribution in [0.1, 0.15) is 37.7 Å². The van der Waals surface area contributed by atoms with Crippen molar-refractivity contribution in [2.24, 2.45) is 0 Å². The Morgan fingerprint density at radius 2 is 2.32 bits per heavy atom. The van der Waals surface area contributed by atoms with E-state index in [0.717, 1.165) is 41.6 Å². The van der Waals surface area contributed by atoms with Gasteiger partial charge in [-0.25, -0.2) is 0 Å². The van der Waals surface area contributed by atoms with Crippen LogP contribution in [-0.4, -0.2) is 18.6 Å². The average molecular weight is 326 g/mol. The van der Waals surface area contributed by atoms with E-state index in [-0.39, 0.29) is 12.0 Å². The van der Waals surface area contributed by atoms with Gasteiger partial charge in [0.25, 0.3) is 0 Å². The van der Waals surface area contributed by atoms with E-state index in [0.29, 0.717) is 6.42 Å². The molecular weight excluding hydrogens is 306 g/mol. The van der Waals surface area contributed by atoms with Crippen LogP contribution in [0.5, 0.6) is 0 Å². The predicted molar refractivity (Wildman–Crippen MR) is 80.3 cm³/mol. The number of benzene rings is 1. The number of amides is 1. The molecule has 1 atom stereocenters. The molecule has 1 aromatic carbocycles. The Bertz CT molecular complexity index is 442. The van der Waals surface area contributed by atoms with E-state index in [9.17, 15) is 4.79 Å². The lowest BCUT2D eigenvalue weighted by atomic mass is 10.0. The summed E-state index contributed by atoms with van der Waals surface area (Å²) in [5.41, 5.74) is 1.98. The van der Waals surface area contributed by atoms with Gasteiger partial charge in [-0.2, -0.15) is 0 Å². The van der Waals surface area contributed by atoms with Gasteiger partial charge in [-0.15, -0.1) is 0 Å². The highest BCUT2D eigenvalue weighted by Crippen LogP contribution is 2.21. The van der Waals surface area contributed by atoms with Gasteiger partial charge in [0.2, 0.25) is 5.91 Å². The third-order valence-corrected chi connectivity index (χ3v) is 4.30. The first-order valence-corrected chi connectivity index (χ1v) is 7.62. The molecule has 3 nitrogen and oxygen atoms in total. The van der Waals surface area contributed by atoms with Crippen molar-refractivity contribution in [3.8, 4) is 0 Å². The summed E-state index contributed by atoms with van der Waals surface area (Å²) in [7, 11) is 0. The molecule has 19 heavy (non-hydrogen) atoms. The van der Waals surface area contributed by atoms with E-state index < -0.39 is 0 Å². The molecular formula is C15H20BrNO2. The van der Waals surface area contributed by atoms with Gasteiger partial charge in [0, 0.05) is 23.2 Å². The molecule has 1 unspecified atom stereocenters. The fourth-order valence-corrected chi connectivity index (χ4v) is 2.52. The molecule has 1 heterocycles. The van der Waals surface area contributed by atoms with Gasteiger partial charge in [0.15, 0.2) is 0 Å². The van der Waals surface area contributed by atoms with E-state index in [2.05, 4.69) is 21.2 Å². The van der Waals surface area contributed by atoms with Crippen molar-refractivity contribution in [2.45, 2.75) is 45.1 Å². The number of rotatable bonds is 4. The maximum absolute atomic E-state index is 11.9. The van der Waals surface area contributed by atoms with Crippen LogP contribution < -0.4 is 5.32 Å². The zero-order valence-corrected chi connectivity index (χ0v) is 12.8. The number of hydrogen-bond acceptors (Lipinski definition) is 2. The predicted octanol–water partition coefficient (Wildman–Crippen LogP) is 4.05. The number of aryl methyl sites for hydroxylation is 1. The second-order valence-corrected chi connectivity index (χ2v) is 5.89. The molecule has 1 aliphatic rings. The van der Waals surface area contributed by atoms with Crippen molar-refractivity contribution in [1.29, 1.82) is 0 Å². The maximum atomic E-state index is 11.9. The molecule has 1 N–H and O–H groups in total. The highest BCUT2D eigenvalue weighted by molar-refractivity contribution is 9.10. The molecule has 0 aromatic heterocycles. The Morgan fingerprint density at radius 3 is 3.00 bits per heavy atom. The molecule has 1 aliphatic heterocycles. The minimum Gasteiger partial charge on any atom is -0.378 e. The summed E-state index contributed by atoms with van der Waals surface area (Å²) in [6.45, 7) is 2.85. The van der Waals surface area contributed by atoms with Gasteiger partial charge in [-0.1, -0.05) is 15.9 Å². The molecule has 1 fully saturated rings. The van der Waals surface area contributed by atoms with Crippen molar-refractivity contribution in [3.05, 3.63) is 28.2 Å². The highest BCUT2D eigenvalue weighted by Gasteiger charge is 2.15. The minimum absolute atomic E-state index is 0.0656. The molecule has 2 rings (SSSR count). The lowest BCUT2D eigenvalue weighted by Crippen LogP contribution is -2.21. The third-order valence-electron chi connectivity index (χ3n) is 3.41. The van der Waals surface area contributed by atoms with E-state index >= 15 is 0 Å². The largest absolute Gasteiger partial charge is 0.378 e. The van der Waals surface area contributed by atoms with Crippen LogP contribution in [0.15, 0.2) is 22.7 Å². The first kappa shape index (κ1) is 14.5. The SMILES string of the molecule is Cc1cc(NC(=O)CCC2CCCCO2)ccc1Br. The van der Waals surface area contributed by atoms with Gasteiger partial charge in [-0.3, -0.25) is 4.79 Å². The maximum Gasteiger partial charge on any atom is 0.224 e. The normalized spacial score (nSPS) is 19.2. The fraction of sp³-hybridized carbons (Fsp3) is 0.533. The molecule has 0 saturated carbocycles. The monoisotopic (exact) mass is 325 g/mol. The smallest absolute Gasteiger partial charge is 0.224 e. The summed E-state index contributed by atoms with van der Waals surface area (Å²) >= 11 is 3.45. The zero-order valence-electron chi connectivity index (χ0n) is 11.2. The lowest BCUT2D eigenvalue weighted by Gasteiger charge is -2.22. The van der Waals surface area contributed by atoms with Crippen LogP contribution in [0.25, 0.3) is 0 Å². The summed E-state index contributed by atoms with van der Waals surface area (Å²) in [4.78, 5) is 11.9. The average Bonchev–Trinajstić information content (AvgIpc) is 2.42. The van der Waals surface area contributed by atoms with Crippen molar-refractivity contribution in [1.82, 2.24) is 0 Å². The molecule has 0 aliphatic carbocycles. The number of hydrogen-bond donors (Lipinski definition) is 1. The Labute approximate surface area is 122 Å². The van der Waals surface area contributed by atoms with E-state index in [1.54, 1.807) is 0 Å². The standard InChI is InChI=1S/C15H20BrNO2/c1-11-10-12(5-7-14(11)16)17-15(18)8-6-13-4-2-3-9-19-13/h5,7,10,13H,2-4,6,8-9H2,1H3,(H,17,18). The van der Waals surface area contributed by atoms with Crippen molar-refractivity contribution >= 4 is 27.5 Å². The number of anilines is 1.